The summed E-state index contributed by atoms with van der Waals surface area (Å²) in [6.45, 7) is 0. The third-order valence-corrected chi connectivity index (χ3v) is 10.8. The highest BCUT2D eigenvalue weighted by molar-refractivity contribution is 6.15. The summed E-state index contributed by atoms with van der Waals surface area (Å²) in [6.07, 6.45) is 2.03. The number of benzene rings is 8. The van der Waals surface area contributed by atoms with Gasteiger partial charge in [0.25, 0.3) is 0 Å². The minimum absolute atomic E-state index is 0.955. The summed E-state index contributed by atoms with van der Waals surface area (Å²) in [4.78, 5) is 5.53. The Morgan fingerprint density at radius 2 is 0.830 bits per heavy atom. The van der Waals surface area contributed by atoms with Gasteiger partial charge in [-0.05, 0) is 96.2 Å². The van der Waals surface area contributed by atoms with Gasteiger partial charge in [-0.2, -0.15) is 5.10 Å². The average molecular weight is 674 g/mol. The second-order valence-corrected chi connectivity index (χ2v) is 13.8. The molecule has 8 aromatic carbocycles. The van der Waals surface area contributed by atoms with E-state index in [-0.39, 0.29) is 0 Å². The Balaban J connectivity index is 1.15. The fourth-order valence-corrected chi connectivity index (χ4v) is 8.31. The van der Waals surface area contributed by atoms with Crippen LogP contribution in [0.4, 0.5) is 0 Å². The molecular weight excluding hydrogens is 643 g/mol. The van der Waals surface area contributed by atoms with Crippen molar-refractivity contribution in [2.45, 2.75) is 0 Å². The molecular formula is C50H31N3. The first-order chi connectivity index (χ1) is 26.3. The first-order valence-electron chi connectivity index (χ1n) is 18.1. The van der Waals surface area contributed by atoms with E-state index in [0.717, 1.165) is 61.2 Å². The molecule has 0 aliphatic carbocycles. The standard InChI is InChI=1S/C50H31N3/c1-3-14-37-34(12-1)28-45(42-18-7-5-16-40(37)42)48-30-36(31-49(51-48)46-29-35-13-2-4-15-38(35)41-17-6-8-19-43(41)46)32-23-25-33(26-24-32)39-21-11-27-53-50(39)44-20-9-10-22-47(44)52-53/h1-31H. The molecule has 3 aromatic heterocycles. The van der Waals surface area contributed by atoms with Crippen LogP contribution in [0.3, 0.4) is 0 Å². The Hall–Kier alpha value is -7.10. The summed E-state index contributed by atoms with van der Waals surface area (Å²) < 4.78 is 2.00. The van der Waals surface area contributed by atoms with Gasteiger partial charge in [-0.25, -0.2) is 9.50 Å². The molecule has 3 heterocycles. The number of pyridine rings is 2. The molecule has 3 nitrogen and oxygen atoms in total. The third-order valence-electron chi connectivity index (χ3n) is 10.8. The van der Waals surface area contributed by atoms with E-state index in [2.05, 4.69) is 176 Å². The zero-order valence-corrected chi connectivity index (χ0v) is 28.7. The van der Waals surface area contributed by atoms with E-state index in [1.807, 2.05) is 16.8 Å². The molecule has 11 rings (SSSR count). The number of rotatable bonds is 4. The van der Waals surface area contributed by atoms with Crippen LogP contribution in [0.25, 0.3) is 104 Å². The SMILES string of the molecule is c1ccc2c(c1)cc(-c1cc(-c3ccc(-c4cccn5nc6ccccc6c45)cc3)cc(-c3cc4ccccc4c4ccccc34)n1)c1ccccc12. The fourth-order valence-electron chi connectivity index (χ4n) is 8.31. The largest absolute Gasteiger partial charge is 0.248 e. The Bertz CT molecular complexity index is 3090. The van der Waals surface area contributed by atoms with Gasteiger partial charge in [0.2, 0.25) is 0 Å². The molecule has 0 aliphatic heterocycles. The van der Waals surface area contributed by atoms with Crippen LogP contribution in [0.5, 0.6) is 0 Å². The van der Waals surface area contributed by atoms with Crippen molar-refractivity contribution in [3.05, 3.63) is 188 Å². The van der Waals surface area contributed by atoms with Crippen LogP contribution in [-0.4, -0.2) is 14.6 Å². The average Bonchev–Trinajstić information content (AvgIpc) is 3.62. The molecule has 0 aliphatic rings. The minimum Gasteiger partial charge on any atom is -0.248 e. The first-order valence-corrected chi connectivity index (χ1v) is 18.1. The Labute approximate surface area is 306 Å². The van der Waals surface area contributed by atoms with Crippen LogP contribution >= 0.6 is 0 Å². The van der Waals surface area contributed by atoms with Crippen molar-refractivity contribution in [2.24, 2.45) is 0 Å². The van der Waals surface area contributed by atoms with Crippen molar-refractivity contribution in [3.8, 4) is 44.8 Å². The topological polar surface area (TPSA) is 30.2 Å². The van der Waals surface area contributed by atoms with E-state index in [0.29, 0.717) is 0 Å². The highest BCUT2D eigenvalue weighted by Crippen LogP contribution is 2.40. The number of nitrogens with zero attached hydrogens (tertiary/aromatic N) is 3. The van der Waals surface area contributed by atoms with E-state index in [4.69, 9.17) is 10.1 Å². The zero-order chi connectivity index (χ0) is 34.9. The van der Waals surface area contributed by atoms with E-state index >= 15 is 0 Å². The van der Waals surface area contributed by atoms with Gasteiger partial charge >= 0.3 is 0 Å². The quantitative estimate of drug-likeness (QED) is 0.174. The molecule has 0 saturated carbocycles. The highest BCUT2D eigenvalue weighted by atomic mass is 15.2. The Kier molecular flexibility index (Phi) is 6.55. The Morgan fingerprint density at radius 1 is 0.340 bits per heavy atom. The number of hydrogen-bond acceptors (Lipinski definition) is 2. The van der Waals surface area contributed by atoms with Crippen molar-refractivity contribution >= 4 is 59.5 Å². The molecule has 246 valence electrons. The lowest BCUT2D eigenvalue weighted by Gasteiger charge is -2.16. The van der Waals surface area contributed by atoms with Crippen molar-refractivity contribution in [1.82, 2.24) is 14.6 Å². The highest BCUT2D eigenvalue weighted by Gasteiger charge is 2.17. The predicted molar refractivity (Wildman–Crippen MR) is 222 cm³/mol. The van der Waals surface area contributed by atoms with Crippen LogP contribution in [0, 0.1) is 0 Å². The van der Waals surface area contributed by atoms with Crippen LogP contribution in [0.15, 0.2) is 188 Å². The number of fused-ring (bicyclic) bond motifs is 9. The normalized spacial score (nSPS) is 11.8. The molecule has 3 heteroatoms. The predicted octanol–water partition coefficient (Wildman–Crippen LogP) is 13.2. The Morgan fingerprint density at radius 3 is 1.43 bits per heavy atom. The van der Waals surface area contributed by atoms with Gasteiger partial charge in [0.15, 0.2) is 0 Å². The second-order valence-electron chi connectivity index (χ2n) is 13.8. The van der Waals surface area contributed by atoms with E-state index < -0.39 is 0 Å². The summed E-state index contributed by atoms with van der Waals surface area (Å²) in [5.41, 5.74) is 10.9. The lowest BCUT2D eigenvalue weighted by Crippen LogP contribution is -1.94. The van der Waals surface area contributed by atoms with Crippen molar-refractivity contribution < 1.29 is 0 Å². The van der Waals surface area contributed by atoms with Gasteiger partial charge in [-0.15, -0.1) is 0 Å². The van der Waals surface area contributed by atoms with Crippen LogP contribution in [0.2, 0.25) is 0 Å². The van der Waals surface area contributed by atoms with Gasteiger partial charge in [0.05, 0.1) is 22.4 Å². The monoisotopic (exact) mass is 673 g/mol. The van der Waals surface area contributed by atoms with Crippen molar-refractivity contribution in [3.63, 3.8) is 0 Å². The van der Waals surface area contributed by atoms with Gasteiger partial charge in [-0.1, -0.05) is 146 Å². The van der Waals surface area contributed by atoms with Gasteiger partial charge in [-0.3, -0.25) is 0 Å². The molecule has 0 atom stereocenters. The molecule has 0 N–H and O–H groups in total. The summed E-state index contributed by atoms with van der Waals surface area (Å²) in [5.74, 6) is 0. The van der Waals surface area contributed by atoms with Crippen molar-refractivity contribution in [2.75, 3.05) is 0 Å². The van der Waals surface area contributed by atoms with Crippen LogP contribution < -0.4 is 0 Å². The molecule has 0 saturated heterocycles. The summed E-state index contributed by atoms with van der Waals surface area (Å²) >= 11 is 0. The summed E-state index contributed by atoms with van der Waals surface area (Å²) in [5, 5.41) is 15.8. The second kappa shape index (κ2) is 11.7. The summed E-state index contributed by atoms with van der Waals surface area (Å²) in [7, 11) is 0. The molecule has 0 bridgehead atoms. The van der Waals surface area contributed by atoms with Gasteiger partial charge in [0.1, 0.15) is 0 Å². The molecule has 0 fully saturated rings. The molecule has 0 spiro atoms. The van der Waals surface area contributed by atoms with E-state index in [1.54, 1.807) is 0 Å². The maximum atomic E-state index is 5.53. The van der Waals surface area contributed by atoms with Gasteiger partial charge < -0.3 is 0 Å². The maximum Gasteiger partial charge on any atom is 0.0934 e. The van der Waals surface area contributed by atoms with Crippen LogP contribution in [-0.2, 0) is 0 Å². The van der Waals surface area contributed by atoms with Gasteiger partial charge in [0, 0.05) is 28.3 Å². The maximum absolute atomic E-state index is 5.53. The molecule has 0 amide bonds. The minimum atomic E-state index is 0.955. The molecule has 0 radical (unpaired) electrons. The number of aromatic nitrogens is 3. The lowest BCUT2D eigenvalue weighted by atomic mass is 9.91. The molecule has 11 aromatic rings. The number of hydrogen-bond donors (Lipinski definition) is 0. The molecule has 0 unspecified atom stereocenters. The zero-order valence-electron chi connectivity index (χ0n) is 28.7. The fraction of sp³-hybridized carbons (Fsp3) is 0. The summed E-state index contributed by atoms with van der Waals surface area (Å²) in [6, 6.07) is 65.5. The van der Waals surface area contributed by atoms with Crippen molar-refractivity contribution in [1.29, 1.82) is 0 Å². The third kappa shape index (κ3) is 4.75. The van der Waals surface area contributed by atoms with E-state index in [1.165, 1.54) is 43.1 Å². The smallest absolute Gasteiger partial charge is 0.0934 e. The van der Waals surface area contributed by atoms with E-state index in [9.17, 15) is 0 Å². The lowest BCUT2D eigenvalue weighted by molar-refractivity contribution is 0.983. The van der Waals surface area contributed by atoms with Crippen LogP contribution in [0.1, 0.15) is 0 Å². The molecule has 53 heavy (non-hydrogen) atoms. The first kappa shape index (κ1) is 29.6.